The summed E-state index contributed by atoms with van der Waals surface area (Å²) < 4.78 is 4.93. The fraction of sp³-hybridized carbons (Fsp3) is 0. The first-order valence-corrected chi connectivity index (χ1v) is 20.5. The predicted molar refractivity (Wildman–Crippen MR) is 252 cm³/mol. The number of fused-ring (bicyclic) bond motifs is 11. The predicted octanol–water partition coefficient (Wildman–Crippen LogP) is 14.6. The Hall–Kier alpha value is -8.08. The molecule has 13 aromatic rings. The molecule has 0 bridgehead atoms. The maximum atomic E-state index is 5.31. The van der Waals surface area contributed by atoms with Gasteiger partial charge in [-0.3, -0.25) is 0 Å². The van der Waals surface area contributed by atoms with E-state index in [2.05, 4.69) is 215 Å². The molecule has 0 atom stereocenters. The van der Waals surface area contributed by atoms with E-state index >= 15 is 0 Å². The van der Waals surface area contributed by atoms with E-state index in [1.165, 1.54) is 64.9 Å². The smallest absolute Gasteiger partial charge is 0.160 e. The van der Waals surface area contributed by atoms with Crippen LogP contribution >= 0.6 is 0 Å². The van der Waals surface area contributed by atoms with E-state index in [0.29, 0.717) is 5.82 Å². The molecule has 0 amide bonds. The summed E-state index contributed by atoms with van der Waals surface area (Å²) in [6.07, 6.45) is 0. The van der Waals surface area contributed by atoms with Crippen LogP contribution in [0.3, 0.4) is 0 Å². The van der Waals surface area contributed by atoms with Gasteiger partial charge in [0.15, 0.2) is 5.82 Å². The van der Waals surface area contributed by atoms with Crippen molar-refractivity contribution in [3.63, 3.8) is 0 Å². The topological polar surface area (TPSA) is 35.6 Å². The Labute approximate surface area is 344 Å². The quantitative estimate of drug-likeness (QED) is 0.179. The number of hydrogen-bond donors (Lipinski definition) is 0. The molecule has 0 spiro atoms. The van der Waals surface area contributed by atoms with Crippen LogP contribution in [0.2, 0.25) is 0 Å². The Bertz CT molecular complexity index is 3880. The van der Waals surface area contributed by atoms with E-state index in [4.69, 9.17) is 9.97 Å². The minimum Gasteiger partial charge on any atom is -0.309 e. The number of nitrogens with zero attached hydrogens (tertiary/aromatic N) is 4. The zero-order chi connectivity index (χ0) is 39.3. The van der Waals surface area contributed by atoms with Crippen molar-refractivity contribution in [2.24, 2.45) is 0 Å². The van der Waals surface area contributed by atoms with Gasteiger partial charge in [-0.2, -0.15) is 0 Å². The number of benzene rings is 10. The van der Waals surface area contributed by atoms with Crippen molar-refractivity contribution in [3.8, 4) is 34.0 Å². The summed E-state index contributed by atoms with van der Waals surface area (Å²) in [5.74, 6) is 0.706. The minimum atomic E-state index is 0.706. The van der Waals surface area contributed by atoms with Crippen LogP contribution in [0.15, 0.2) is 206 Å². The second-order valence-corrected chi connectivity index (χ2v) is 15.7. The molecule has 3 heterocycles. The van der Waals surface area contributed by atoms with Crippen molar-refractivity contribution in [2.45, 2.75) is 0 Å². The van der Waals surface area contributed by atoms with Crippen LogP contribution in [0, 0.1) is 0 Å². The molecule has 3 aromatic heterocycles. The largest absolute Gasteiger partial charge is 0.309 e. The SMILES string of the molecule is c1ccc2cc3c(cc2c1)c1c(-n2c4ccccc4c4ccc5ccccc5c42)cccc1n3-c1ccc(-c2nc(-c3cccc4ccccc34)c3ccccc3n2)cc1. The average Bonchev–Trinajstić information content (AvgIpc) is 3.83. The molecule has 0 radical (unpaired) electrons. The van der Waals surface area contributed by atoms with E-state index in [0.717, 1.165) is 50.1 Å². The van der Waals surface area contributed by atoms with Gasteiger partial charge in [0.05, 0.1) is 39.0 Å². The average molecular weight is 763 g/mol. The number of para-hydroxylation sites is 2. The molecule has 0 saturated carbocycles. The number of hydrogen-bond acceptors (Lipinski definition) is 2. The van der Waals surface area contributed by atoms with Gasteiger partial charge in [-0.05, 0) is 87.6 Å². The highest BCUT2D eigenvalue weighted by Crippen LogP contribution is 2.43. The lowest BCUT2D eigenvalue weighted by Crippen LogP contribution is -1.98. The summed E-state index contributed by atoms with van der Waals surface area (Å²) in [7, 11) is 0. The van der Waals surface area contributed by atoms with Crippen LogP contribution in [-0.2, 0) is 0 Å². The van der Waals surface area contributed by atoms with Crippen molar-refractivity contribution < 1.29 is 0 Å². The molecule has 4 heteroatoms. The molecule has 278 valence electrons. The number of rotatable bonds is 4. The minimum absolute atomic E-state index is 0.706. The monoisotopic (exact) mass is 762 g/mol. The summed E-state index contributed by atoms with van der Waals surface area (Å²) in [5, 5.41) is 13.3. The summed E-state index contributed by atoms with van der Waals surface area (Å²) in [4.78, 5) is 10.4. The first-order valence-electron chi connectivity index (χ1n) is 20.5. The maximum Gasteiger partial charge on any atom is 0.160 e. The van der Waals surface area contributed by atoms with Crippen molar-refractivity contribution in [3.05, 3.63) is 206 Å². The lowest BCUT2D eigenvalue weighted by atomic mass is 9.99. The highest BCUT2D eigenvalue weighted by molar-refractivity contribution is 6.22. The fourth-order valence-electron chi connectivity index (χ4n) is 9.78. The first kappa shape index (κ1) is 32.9. The molecule has 0 aliphatic rings. The van der Waals surface area contributed by atoms with Crippen molar-refractivity contribution in [2.75, 3.05) is 0 Å². The van der Waals surface area contributed by atoms with Crippen molar-refractivity contribution in [1.29, 1.82) is 0 Å². The van der Waals surface area contributed by atoms with Gasteiger partial charge < -0.3 is 9.13 Å². The van der Waals surface area contributed by atoms with Gasteiger partial charge in [0.25, 0.3) is 0 Å². The maximum absolute atomic E-state index is 5.31. The lowest BCUT2D eigenvalue weighted by molar-refractivity contribution is 1.17. The molecule has 4 nitrogen and oxygen atoms in total. The zero-order valence-corrected chi connectivity index (χ0v) is 32.4. The molecular formula is C56H34N4. The first-order chi connectivity index (χ1) is 29.8. The molecule has 0 aliphatic heterocycles. The normalized spacial score (nSPS) is 12.0. The molecule has 0 saturated heterocycles. The second kappa shape index (κ2) is 12.7. The van der Waals surface area contributed by atoms with E-state index < -0.39 is 0 Å². The summed E-state index contributed by atoms with van der Waals surface area (Å²) in [6, 6.07) is 74.4. The summed E-state index contributed by atoms with van der Waals surface area (Å²) >= 11 is 0. The third-order valence-corrected chi connectivity index (χ3v) is 12.5. The Morgan fingerprint density at radius 2 is 0.983 bits per heavy atom. The van der Waals surface area contributed by atoms with Crippen molar-refractivity contribution >= 4 is 86.8 Å². The van der Waals surface area contributed by atoms with Crippen LogP contribution < -0.4 is 0 Å². The van der Waals surface area contributed by atoms with Gasteiger partial charge in [-0.15, -0.1) is 0 Å². The van der Waals surface area contributed by atoms with Gasteiger partial charge in [0.2, 0.25) is 0 Å². The number of aromatic nitrogens is 4. The van der Waals surface area contributed by atoms with Crippen LogP contribution in [0.4, 0.5) is 0 Å². The summed E-state index contributed by atoms with van der Waals surface area (Å²) in [6.45, 7) is 0. The van der Waals surface area contributed by atoms with E-state index in [-0.39, 0.29) is 0 Å². The highest BCUT2D eigenvalue weighted by Gasteiger charge is 2.22. The molecule has 10 aromatic carbocycles. The second-order valence-electron chi connectivity index (χ2n) is 15.7. The van der Waals surface area contributed by atoms with E-state index in [9.17, 15) is 0 Å². The molecule has 0 fully saturated rings. The Morgan fingerprint density at radius 1 is 0.350 bits per heavy atom. The molecule has 0 N–H and O–H groups in total. The zero-order valence-electron chi connectivity index (χ0n) is 32.4. The molecular weight excluding hydrogens is 729 g/mol. The highest BCUT2D eigenvalue weighted by atomic mass is 15.0. The molecule has 60 heavy (non-hydrogen) atoms. The van der Waals surface area contributed by atoms with Crippen LogP contribution in [0.1, 0.15) is 0 Å². The third kappa shape index (κ3) is 4.79. The molecule has 13 rings (SSSR count). The van der Waals surface area contributed by atoms with Crippen LogP contribution in [0.25, 0.3) is 121 Å². The molecule has 0 aliphatic carbocycles. The fourth-order valence-corrected chi connectivity index (χ4v) is 9.78. The van der Waals surface area contributed by atoms with Gasteiger partial charge in [0, 0.05) is 49.1 Å². The lowest BCUT2D eigenvalue weighted by Gasteiger charge is -2.13. The third-order valence-electron chi connectivity index (χ3n) is 12.5. The van der Waals surface area contributed by atoms with Crippen molar-refractivity contribution in [1.82, 2.24) is 19.1 Å². The Kier molecular flexibility index (Phi) is 6.98. The van der Waals surface area contributed by atoms with Gasteiger partial charge in [0.1, 0.15) is 0 Å². The van der Waals surface area contributed by atoms with Gasteiger partial charge >= 0.3 is 0 Å². The van der Waals surface area contributed by atoms with Crippen LogP contribution in [0.5, 0.6) is 0 Å². The molecule has 0 unspecified atom stereocenters. The van der Waals surface area contributed by atoms with Gasteiger partial charge in [-0.25, -0.2) is 9.97 Å². The van der Waals surface area contributed by atoms with E-state index in [1.54, 1.807) is 0 Å². The van der Waals surface area contributed by atoms with Crippen LogP contribution in [-0.4, -0.2) is 19.1 Å². The van der Waals surface area contributed by atoms with Gasteiger partial charge in [-0.1, -0.05) is 146 Å². The Morgan fingerprint density at radius 3 is 1.82 bits per heavy atom. The summed E-state index contributed by atoms with van der Waals surface area (Å²) in [5.41, 5.74) is 10.9. The Balaban J connectivity index is 1.05. The standard InChI is InChI=1S/C56H34N4/c1-2-16-39-34-52-47(33-38(39)15-1)53-50(25-12-26-51(53)60-49-24-10-8-20-43(49)45-32-29-36-14-4-6-19-42(36)55(45)60)59(52)40-30-27-37(28-31-40)56-57-48-23-9-7-21-46(48)54(58-56)44-22-11-17-35-13-3-5-18-41(35)44/h1-34H. The van der Waals surface area contributed by atoms with E-state index in [1.807, 2.05) is 0 Å².